The normalized spacial score (nSPS) is 22.5. The van der Waals surface area contributed by atoms with E-state index in [1.165, 1.54) is 6.08 Å². The maximum atomic E-state index is 13.5. The number of rotatable bonds is 10. The molecular weight excluding hydrogens is 484 g/mol. The Balaban J connectivity index is 1.61. The molecule has 0 unspecified atom stereocenters. The van der Waals surface area contributed by atoms with Gasteiger partial charge in [0.1, 0.15) is 12.1 Å². The molecule has 10 heteroatoms. The van der Waals surface area contributed by atoms with Crippen molar-refractivity contribution in [2.24, 2.45) is 0 Å². The van der Waals surface area contributed by atoms with Crippen LogP contribution in [0.3, 0.4) is 0 Å². The predicted molar refractivity (Wildman–Crippen MR) is 147 cm³/mol. The number of hydrogen-bond donors (Lipinski definition) is 4. The first-order valence-electron chi connectivity index (χ1n) is 13.5. The highest BCUT2D eigenvalue weighted by atomic mass is 16.2. The van der Waals surface area contributed by atoms with E-state index in [2.05, 4.69) is 21.3 Å². The second-order valence-corrected chi connectivity index (χ2v) is 10.4. The Morgan fingerprint density at radius 2 is 1.89 bits per heavy atom. The zero-order valence-corrected chi connectivity index (χ0v) is 23.0. The zero-order valence-electron chi connectivity index (χ0n) is 23.0. The number of benzene rings is 1. The van der Waals surface area contributed by atoms with Crippen molar-refractivity contribution in [3.05, 3.63) is 42.0 Å². The molecule has 1 aromatic rings. The largest absolute Gasteiger partial charge is 0.350 e. The molecular formula is C28H42N6O4. The Hall–Kier alpha value is -3.24. The van der Waals surface area contributed by atoms with Crippen LogP contribution < -0.4 is 21.3 Å². The number of carbonyl (C=O) groups is 4. The van der Waals surface area contributed by atoms with Gasteiger partial charge in [0.2, 0.25) is 23.6 Å². The maximum Gasteiger partial charge on any atom is 0.248 e. The summed E-state index contributed by atoms with van der Waals surface area (Å²) >= 11 is 0. The topological polar surface area (TPSA) is 123 Å². The molecule has 0 spiro atoms. The Kier molecular flexibility index (Phi) is 10.8. The monoisotopic (exact) mass is 526 g/mol. The van der Waals surface area contributed by atoms with Gasteiger partial charge in [0.05, 0.1) is 6.04 Å². The van der Waals surface area contributed by atoms with Crippen molar-refractivity contribution in [2.75, 3.05) is 33.0 Å². The van der Waals surface area contributed by atoms with Crippen LogP contribution in [0, 0.1) is 0 Å². The molecule has 10 nitrogen and oxygen atoms in total. The van der Waals surface area contributed by atoms with Crippen LogP contribution in [-0.2, 0) is 25.7 Å². The van der Waals surface area contributed by atoms with Crippen molar-refractivity contribution in [1.29, 1.82) is 0 Å². The number of hydrogen-bond acceptors (Lipinski definition) is 6. The van der Waals surface area contributed by atoms with Crippen LogP contribution in [0.25, 0.3) is 0 Å². The maximum absolute atomic E-state index is 13.5. The molecule has 4 amide bonds. The number of anilines is 1. The molecule has 4 N–H and O–H groups in total. The van der Waals surface area contributed by atoms with Crippen LogP contribution in [0.2, 0.25) is 0 Å². The van der Waals surface area contributed by atoms with Crippen molar-refractivity contribution >= 4 is 29.3 Å². The molecule has 0 radical (unpaired) electrons. The van der Waals surface area contributed by atoms with Crippen LogP contribution in [0.1, 0.15) is 51.0 Å². The van der Waals surface area contributed by atoms with E-state index in [4.69, 9.17) is 0 Å². The summed E-state index contributed by atoms with van der Waals surface area (Å²) in [6, 6.07) is 5.75. The minimum absolute atomic E-state index is 0.0127. The van der Waals surface area contributed by atoms with Crippen LogP contribution >= 0.6 is 0 Å². The van der Waals surface area contributed by atoms with Crippen LogP contribution in [-0.4, -0.2) is 85.3 Å². The van der Waals surface area contributed by atoms with Gasteiger partial charge < -0.3 is 31.1 Å². The molecule has 0 aliphatic carbocycles. The van der Waals surface area contributed by atoms with E-state index < -0.39 is 18.1 Å². The molecule has 2 aliphatic rings. The Morgan fingerprint density at radius 3 is 2.63 bits per heavy atom. The van der Waals surface area contributed by atoms with Gasteiger partial charge in [-0.2, -0.15) is 0 Å². The molecule has 2 saturated heterocycles. The summed E-state index contributed by atoms with van der Waals surface area (Å²) in [5.74, 6) is -0.804. The van der Waals surface area contributed by atoms with Gasteiger partial charge in [-0.1, -0.05) is 31.1 Å². The molecule has 0 saturated carbocycles. The van der Waals surface area contributed by atoms with E-state index in [0.717, 1.165) is 31.2 Å². The number of nitrogens with zero attached hydrogens (tertiary/aromatic N) is 2. The Morgan fingerprint density at radius 1 is 1.13 bits per heavy atom. The number of fused-ring (bicyclic) bond motifs is 1. The minimum atomic E-state index is -0.624. The SMILES string of the molecule is CN[C@@H](C)C(=O)N[C@H]1CCCC[C@H]2CC[C@@H](C(=O)NCc3cccc(NC(=O)/C=C/CN(C)C)c3)N2C1=O. The molecule has 2 heterocycles. The molecule has 208 valence electrons. The second kappa shape index (κ2) is 14.1. The van der Waals surface area contributed by atoms with Crippen molar-refractivity contribution in [3.63, 3.8) is 0 Å². The fourth-order valence-corrected chi connectivity index (χ4v) is 4.97. The van der Waals surface area contributed by atoms with E-state index in [1.807, 2.05) is 37.2 Å². The number of carbonyl (C=O) groups excluding carboxylic acids is 4. The number of likely N-dealkylation sites (N-methyl/N-ethyl adjacent to an activating group) is 2. The molecule has 1 aromatic carbocycles. The van der Waals surface area contributed by atoms with Crippen molar-refractivity contribution < 1.29 is 19.2 Å². The molecule has 38 heavy (non-hydrogen) atoms. The summed E-state index contributed by atoms with van der Waals surface area (Å²) in [6.45, 7) is 2.70. The van der Waals surface area contributed by atoms with Gasteiger partial charge in [0.25, 0.3) is 0 Å². The fourth-order valence-electron chi connectivity index (χ4n) is 4.97. The van der Waals surface area contributed by atoms with Gasteiger partial charge in [0.15, 0.2) is 0 Å². The van der Waals surface area contributed by atoms with Gasteiger partial charge in [-0.05, 0) is 71.4 Å². The lowest BCUT2D eigenvalue weighted by atomic mass is 9.98. The summed E-state index contributed by atoms with van der Waals surface area (Å²) < 4.78 is 0. The van der Waals surface area contributed by atoms with Crippen LogP contribution in [0.5, 0.6) is 0 Å². The van der Waals surface area contributed by atoms with Gasteiger partial charge in [-0.15, -0.1) is 0 Å². The first kappa shape index (κ1) is 29.3. The first-order chi connectivity index (χ1) is 18.2. The molecule has 0 aromatic heterocycles. The third-order valence-corrected chi connectivity index (χ3v) is 7.18. The Bertz CT molecular complexity index is 1030. The number of amides is 4. The summed E-state index contributed by atoms with van der Waals surface area (Å²) in [5.41, 5.74) is 1.48. The van der Waals surface area contributed by atoms with E-state index >= 15 is 0 Å². The summed E-state index contributed by atoms with van der Waals surface area (Å²) in [5, 5.41) is 11.6. The highest BCUT2D eigenvalue weighted by molar-refractivity contribution is 5.99. The zero-order chi connectivity index (χ0) is 27.7. The standard InChI is InChI=1S/C28H42N6O4/c1-19(29-2)26(36)32-23-12-6-5-11-22-14-15-24(34(22)28(23)38)27(37)30-18-20-9-7-10-21(17-20)31-25(35)13-8-16-33(3)4/h7-10,13,17,19,22-24,29H,5-6,11-12,14-16,18H2,1-4H3,(H,30,37)(H,31,35)(H,32,36)/b13-8+/t19-,22-,23-,24-/m0/s1. The van der Waals surface area contributed by atoms with Crippen LogP contribution in [0.4, 0.5) is 5.69 Å². The highest BCUT2D eigenvalue weighted by Crippen LogP contribution is 2.31. The van der Waals surface area contributed by atoms with E-state index in [1.54, 1.807) is 31.0 Å². The van der Waals surface area contributed by atoms with Gasteiger partial charge in [-0.25, -0.2) is 0 Å². The average molecular weight is 527 g/mol. The van der Waals surface area contributed by atoms with Crippen molar-refractivity contribution in [3.8, 4) is 0 Å². The molecule has 2 fully saturated rings. The van der Waals surface area contributed by atoms with Crippen molar-refractivity contribution in [2.45, 2.75) is 76.2 Å². The fraction of sp³-hybridized carbons (Fsp3) is 0.571. The average Bonchev–Trinajstić information content (AvgIpc) is 3.30. The third kappa shape index (κ3) is 8.13. The molecule has 3 rings (SSSR count). The second-order valence-electron chi connectivity index (χ2n) is 10.4. The van der Waals surface area contributed by atoms with Crippen LogP contribution in [0.15, 0.2) is 36.4 Å². The van der Waals surface area contributed by atoms with Gasteiger partial charge in [0, 0.05) is 30.9 Å². The predicted octanol–water partition coefficient (Wildman–Crippen LogP) is 1.39. The number of nitrogens with one attached hydrogen (secondary N) is 4. The van der Waals surface area contributed by atoms with E-state index in [0.29, 0.717) is 25.1 Å². The lowest BCUT2D eigenvalue weighted by Crippen LogP contribution is -2.57. The molecule has 2 aliphatic heterocycles. The Labute approximate surface area is 225 Å². The quantitative estimate of drug-likeness (QED) is 0.342. The lowest BCUT2D eigenvalue weighted by Gasteiger charge is -2.35. The minimum Gasteiger partial charge on any atom is -0.350 e. The third-order valence-electron chi connectivity index (χ3n) is 7.18. The summed E-state index contributed by atoms with van der Waals surface area (Å²) in [6.07, 6.45) is 7.93. The van der Waals surface area contributed by atoms with Gasteiger partial charge >= 0.3 is 0 Å². The van der Waals surface area contributed by atoms with E-state index in [-0.39, 0.29) is 36.2 Å². The summed E-state index contributed by atoms with van der Waals surface area (Å²) in [7, 11) is 5.56. The van der Waals surface area contributed by atoms with E-state index in [9.17, 15) is 19.2 Å². The smallest absolute Gasteiger partial charge is 0.248 e. The van der Waals surface area contributed by atoms with Crippen molar-refractivity contribution in [1.82, 2.24) is 25.8 Å². The lowest BCUT2D eigenvalue weighted by molar-refractivity contribution is -0.144. The molecule has 0 bridgehead atoms. The highest BCUT2D eigenvalue weighted by Gasteiger charge is 2.43. The molecule has 4 atom stereocenters. The van der Waals surface area contributed by atoms with Gasteiger partial charge in [-0.3, -0.25) is 19.2 Å². The first-order valence-corrected chi connectivity index (χ1v) is 13.5. The summed E-state index contributed by atoms with van der Waals surface area (Å²) in [4.78, 5) is 55.1.